The van der Waals surface area contributed by atoms with Gasteiger partial charge >= 0.3 is 6.36 Å². The van der Waals surface area contributed by atoms with Gasteiger partial charge < -0.3 is 15.0 Å². The number of alkyl halides is 5. The van der Waals surface area contributed by atoms with Gasteiger partial charge in [-0.2, -0.15) is 0 Å². The Morgan fingerprint density at radius 1 is 1.32 bits per heavy atom. The number of halogens is 5. The fourth-order valence-electron chi connectivity index (χ4n) is 2.85. The molecular weight excluding hydrogens is 311 g/mol. The SMILES string of the molecule is O=C1c2c(OC(F)(F)F)cc(C(F)F)cc2[C@@H]2CNCCN12. The molecule has 1 atom stereocenters. The average molecular weight is 322 g/mol. The smallest absolute Gasteiger partial charge is 0.405 e. The highest BCUT2D eigenvalue weighted by Gasteiger charge is 2.43. The number of amides is 1. The molecule has 2 aliphatic heterocycles. The molecule has 1 fully saturated rings. The minimum absolute atomic E-state index is 0.147. The maximum atomic E-state index is 12.9. The molecule has 3 rings (SSSR count). The van der Waals surface area contributed by atoms with Crippen LogP contribution < -0.4 is 10.1 Å². The minimum Gasteiger partial charge on any atom is -0.405 e. The fourth-order valence-corrected chi connectivity index (χ4v) is 2.85. The lowest BCUT2D eigenvalue weighted by Gasteiger charge is -2.30. The third-order valence-electron chi connectivity index (χ3n) is 3.71. The third kappa shape index (κ3) is 2.49. The molecule has 0 bridgehead atoms. The van der Waals surface area contributed by atoms with E-state index in [4.69, 9.17) is 0 Å². The lowest BCUT2D eigenvalue weighted by atomic mass is 9.99. The van der Waals surface area contributed by atoms with E-state index in [9.17, 15) is 26.7 Å². The summed E-state index contributed by atoms with van der Waals surface area (Å²) in [6.07, 6.45) is -8.02. The van der Waals surface area contributed by atoms with Crippen molar-refractivity contribution in [2.24, 2.45) is 0 Å². The summed E-state index contributed by atoms with van der Waals surface area (Å²) in [5.74, 6) is -1.48. The molecule has 2 heterocycles. The topological polar surface area (TPSA) is 41.6 Å². The van der Waals surface area contributed by atoms with Crippen LogP contribution in [0.2, 0.25) is 0 Å². The first-order valence-corrected chi connectivity index (χ1v) is 6.51. The second-order valence-corrected chi connectivity index (χ2v) is 5.05. The molecule has 0 aliphatic carbocycles. The summed E-state index contributed by atoms with van der Waals surface area (Å²) in [5.41, 5.74) is -0.733. The standard InChI is InChI=1S/C13H11F5N2O2/c14-11(15)6-3-7-8-5-19-1-2-20(8)12(21)10(7)9(4-6)22-13(16,17)18/h3-4,8,11,19H,1-2,5H2/t8-/m0/s1. The normalized spacial score (nSPS) is 21.1. The summed E-state index contributed by atoms with van der Waals surface area (Å²) in [7, 11) is 0. The Morgan fingerprint density at radius 3 is 2.68 bits per heavy atom. The number of piperazine rings is 1. The molecule has 0 aromatic heterocycles. The number of ether oxygens (including phenoxy) is 1. The van der Waals surface area contributed by atoms with E-state index in [1.807, 2.05) is 0 Å². The summed E-state index contributed by atoms with van der Waals surface area (Å²) in [5, 5.41) is 2.99. The van der Waals surface area contributed by atoms with Gasteiger partial charge in [0.05, 0.1) is 11.6 Å². The van der Waals surface area contributed by atoms with Crippen molar-refractivity contribution in [2.45, 2.75) is 18.8 Å². The van der Waals surface area contributed by atoms with Gasteiger partial charge in [0, 0.05) is 25.2 Å². The highest BCUT2D eigenvalue weighted by molar-refractivity contribution is 6.02. The zero-order chi connectivity index (χ0) is 16.1. The van der Waals surface area contributed by atoms with E-state index in [1.54, 1.807) is 0 Å². The maximum absolute atomic E-state index is 12.9. The molecule has 1 aromatic rings. The van der Waals surface area contributed by atoms with Crippen LogP contribution in [0.5, 0.6) is 5.75 Å². The molecular formula is C13H11F5N2O2. The van der Waals surface area contributed by atoms with E-state index in [0.717, 1.165) is 6.07 Å². The first-order valence-electron chi connectivity index (χ1n) is 6.51. The quantitative estimate of drug-likeness (QED) is 0.851. The summed E-state index contributed by atoms with van der Waals surface area (Å²) in [4.78, 5) is 13.7. The zero-order valence-corrected chi connectivity index (χ0v) is 11.1. The molecule has 2 aliphatic rings. The number of fused-ring (bicyclic) bond motifs is 3. The average Bonchev–Trinajstić information content (AvgIpc) is 2.71. The van der Waals surface area contributed by atoms with Crippen LogP contribution in [-0.4, -0.2) is 36.8 Å². The summed E-state index contributed by atoms with van der Waals surface area (Å²) < 4.78 is 67.1. The Bertz CT molecular complexity index is 617. The van der Waals surface area contributed by atoms with Crippen molar-refractivity contribution in [2.75, 3.05) is 19.6 Å². The van der Waals surface area contributed by atoms with Gasteiger partial charge in [-0.05, 0) is 17.7 Å². The van der Waals surface area contributed by atoms with Gasteiger partial charge in [0.15, 0.2) is 0 Å². The molecule has 0 unspecified atom stereocenters. The molecule has 1 aromatic carbocycles. The van der Waals surface area contributed by atoms with Crippen molar-refractivity contribution >= 4 is 5.91 Å². The number of hydrogen-bond acceptors (Lipinski definition) is 3. The lowest BCUT2D eigenvalue weighted by Crippen LogP contribution is -2.44. The van der Waals surface area contributed by atoms with Gasteiger partial charge in [-0.1, -0.05) is 0 Å². The van der Waals surface area contributed by atoms with E-state index < -0.39 is 36.0 Å². The molecule has 4 nitrogen and oxygen atoms in total. The van der Waals surface area contributed by atoms with Gasteiger partial charge in [-0.15, -0.1) is 13.2 Å². The lowest BCUT2D eigenvalue weighted by molar-refractivity contribution is -0.274. The first kappa shape index (κ1) is 15.0. The van der Waals surface area contributed by atoms with Crippen molar-refractivity contribution in [3.63, 3.8) is 0 Å². The predicted octanol–water partition coefficient (Wildman–Crippen LogP) is 2.62. The largest absolute Gasteiger partial charge is 0.573 e. The van der Waals surface area contributed by atoms with Crippen molar-refractivity contribution in [1.29, 1.82) is 0 Å². The van der Waals surface area contributed by atoms with Crippen LogP contribution in [0.1, 0.15) is 34.0 Å². The number of rotatable bonds is 2. The summed E-state index contributed by atoms with van der Waals surface area (Å²) in [6, 6.07) is 1.12. The van der Waals surface area contributed by atoms with Crippen molar-refractivity contribution in [3.8, 4) is 5.75 Å². The third-order valence-corrected chi connectivity index (χ3v) is 3.71. The minimum atomic E-state index is -5.06. The second kappa shape index (κ2) is 5.08. The Balaban J connectivity index is 2.13. The molecule has 0 spiro atoms. The number of nitrogens with zero attached hydrogens (tertiary/aromatic N) is 1. The molecule has 0 radical (unpaired) electrons. The van der Waals surface area contributed by atoms with Crippen LogP contribution in [0.15, 0.2) is 12.1 Å². The Hall–Kier alpha value is -1.90. The molecule has 0 saturated carbocycles. The molecule has 9 heteroatoms. The molecule has 1 N–H and O–H groups in total. The van der Waals surface area contributed by atoms with Crippen molar-refractivity contribution in [1.82, 2.24) is 10.2 Å². The van der Waals surface area contributed by atoms with Gasteiger partial charge in [0.25, 0.3) is 12.3 Å². The Morgan fingerprint density at radius 2 is 2.05 bits per heavy atom. The van der Waals surface area contributed by atoms with E-state index >= 15 is 0 Å². The monoisotopic (exact) mass is 322 g/mol. The van der Waals surface area contributed by atoms with Gasteiger partial charge in [0.2, 0.25) is 0 Å². The summed E-state index contributed by atoms with van der Waals surface area (Å²) >= 11 is 0. The molecule has 1 amide bonds. The first-order chi connectivity index (χ1) is 10.3. The van der Waals surface area contributed by atoms with Gasteiger partial charge in [0.1, 0.15) is 5.75 Å². The number of benzene rings is 1. The van der Waals surface area contributed by atoms with E-state index in [2.05, 4.69) is 10.1 Å². The van der Waals surface area contributed by atoms with Gasteiger partial charge in [-0.3, -0.25) is 4.79 Å². The molecule has 22 heavy (non-hydrogen) atoms. The molecule has 1 saturated heterocycles. The highest BCUT2D eigenvalue weighted by Crippen LogP contribution is 2.43. The van der Waals surface area contributed by atoms with Crippen LogP contribution in [-0.2, 0) is 0 Å². The fraction of sp³-hybridized carbons (Fsp3) is 0.462. The predicted molar refractivity (Wildman–Crippen MR) is 64.7 cm³/mol. The van der Waals surface area contributed by atoms with Crippen molar-refractivity contribution in [3.05, 3.63) is 28.8 Å². The highest BCUT2D eigenvalue weighted by atomic mass is 19.4. The number of nitrogens with one attached hydrogen (secondary N) is 1. The van der Waals surface area contributed by atoms with Crippen LogP contribution >= 0.6 is 0 Å². The maximum Gasteiger partial charge on any atom is 0.573 e. The van der Waals surface area contributed by atoms with Gasteiger partial charge in [-0.25, -0.2) is 8.78 Å². The van der Waals surface area contributed by atoms with E-state index in [-0.39, 0.29) is 11.1 Å². The van der Waals surface area contributed by atoms with E-state index in [1.165, 1.54) is 4.90 Å². The number of carbonyl (C=O) groups excluding carboxylic acids is 1. The summed E-state index contributed by atoms with van der Waals surface area (Å²) in [6.45, 7) is 1.10. The second-order valence-electron chi connectivity index (χ2n) is 5.05. The number of hydrogen-bond donors (Lipinski definition) is 1. The van der Waals surface area contributed by atoms with Crippen LogP contribution in [0, 0.1) is 0 Å². The van der Waals surface area contributed by atoms with Crippen LogP contribution in [0.25, 0.3) is 0 Å². The molecule has 120 valence electrons. The Labute approximate surface area is 121 Å². The van der Waals surface area contributed by atoms with Crippen molar-refractivity contribution < 1.29 is 31.5 Å². The van der Waals surface area contributed by atoms with Crippen LogP contribution in [0.3, 0.4) is 0 Å². The Kier molecular flexibility index (Phi) is 3.47. The zero-order valence-electron chi connectivity index (χ0n) is 11.1. The van der Waals surface area contributed by atoms with Crippen LogP contribution in [0.4, 0.5) is 22.0 Å². The number of carbonyl (C=O) groups is 1. The van der Waals surface area contributed by atoms with E-state index in [0.29, 0.717) is 25.7 Å².